The smallest absolute Gasteiger partial charge is 0.337 e. The van der Waals surface area contributed by atoms with Crippen LogP contribution in [-0.2, 0) is 0 Å². The minimum Gasteiger partial charge on any atom is -0.478 e. The molecule has 0 atom stereocenters. The maximum Gasteiger partial charge on any atom is 0.337 e. The van der Waals surface area contributed by atoms with Crippen LogP contribution in [0.3, 0.4) is 0 Å². The molecule has 6 rings (SSSR count). The van der Waals surface area contributed by atoms with Gasteiger partial charge in [-0.3, -0.25) is 14.2 Å². The van der Waals surface area contributed by atoms with Crippen molar-refractivity contribution in [1.29, 1.82) is 0 Å². The van der Waals surface area contributed by atoms with Crippen LogP contribution in [0.1, 0.15) is 58.1 Å². The number of aromatic carboxylic acids is 1. The Morgan fingerprint density at radius 3 is 2.59 bits per heavy atom. The number of amides is 1. The molecule has 11 nitrogen and oxygen atoms in total. The quantitative estimate of drug-likeness (QED) is 0.339. The Morgan fingerprint density at radius 2 is 1.83 bits per heavy atom. The van der Waals surface area contributed by atoms with Gasteiger partial charge in [0.05, 0.1) is 22.8 Å². The van der Waals surface area contributed by atoms with Crippen LogP contribution in [0, 0.1) is 12.7 Å². The molecule has 0 saturated heterocycles. The van der Waals surface area contributed by atoms with Gasteiger partial charge in [-0.1, -0.05) is 12.1 Å². The van der Waals surface area contributed by atoms with Crippen LogP contribution in [0.2, 0.25) is 0 Å². The Balaban J connectivity index is 1.29. The van der Waals surface area contributed by atoms with Crippen molar-refractivity contribution in [3.8, 4) is 5.69 Å². The Labute approximate surface area is 231 Å². The van der Waals surface area contributed by atoms with Crippen molar-refractivity contribution in [2.45, 2.75) is 44.7 Å². The average Bonchev–Trinajstić information content (AvgIpc) is 3.38. The summed E-state index contributed by atoms with van der Waals surface area (Å²) >= 11 is 0. The molecule has 0 spiro atoms. The number of carboxylic acid groups (broad SMARTS) is 1. The highest BCUT2D eigenvalue weighted by Crippen LogP contribution is 2.28. The molecule has 208 valence electrons. The first-order valence-corrected chi connectivity index (χ1v) is 13.1. The zero-order valence-electron chi connectivity index (χ0n) is 22.0. The van der Waals surface area contributed by atoms with Crippen LogP contribution in [0.5, 0.6) is 0 Å². The second-order valence-electron chi connectivity index (χ2n) is 10.3. The SMILES string of the molecule is Cc1ccc2nc(C(=O)NC3CCC(n4c(=O)c5cc(F)cnc5n(-c5cccc(C(=O)O)c5)c4=O)CC3)cn2c1. The number of nitrogens with zero attached hydrogens (tertiary/aromatic N) is 5. The van der Waals surface area contributed by atoms with Crippen LogP contribution >= 0.6 is 0 Å². The molecular weight excluding hydrogens is 531 g/mol. The molecule has 0 radical (unpaired) electrons. The number of hydrogen-bond donors (Lipinski definition) is 2. The minimum atomic E-state index is -1.18. The number of hydrogen-bond acceptors (Lipinski definition) is 6. The van der Waals surface area contributed by atoms with E-state index in [0.717, 1.165) is 27.0 Å². The van der Waals surface area contributed by atoms with E-state index in [1.54, 1.807) is 10.6 Å². The van der Waals surface area contributed by atoms with Gasteiger partial charge in [0.1, 0.15) is 17.2 Å². The molecule has 41 heavy (non-hydrogen) atoms. The standard InChI is InChI=1S/C29H25FN6O5/c1-16-5-10-24-33-23(15-34(24)14-16)26(37)32-19-6-8-20(9-7-19)36-27(38)22-12-18(30)13-31-25(22)35(29(36)41)21-4-2-3-17(11-21)28(39)40/h2-5,10-15,19-20H,6-9H2,1H3,(H,32,37)(H,39,40). The van der Waals surface area contributed by atoms with Gasteiger partial charge in [0.15, 0.2) is 5.65 Å². The van der Waals surface area contributed by atoms with E-state index >= 15 is 0 Å². The Morgan fingerprint density at radius 1 is 1.05 bits per heavy atom. The summed E-state index contributed by atoms with van der Waals surface area (Å²) in [5.41, 5.74) is 0.697. The van der Waals surface area contributed by atoms with Gasteiger partial charge < -0.3 is 14.8 Å². The molecule has 0 unspecified atom stereocenters. The van der Waals surface area contributed by atoms with Crippen molar-refractivity contribution in [3.05, 3.63) is 105 Å². The number of halogens is 1. The maximum absolute atomic E-state index is 14.2. The van der Waals surface area contributed by atoms with Gasteiger partial charge in [-0.25, -0.2) is 28.5 Å². The summed E-state index contributed by atoms with van der Waals surface area (Å²) in [6.45, 7) is 1.95. The van der Waals surface area contributed by atoms with E-state index in [4.69, 9.17) is 0 Å². The molecule has 1 aliphatic rings. The summed E-state index contributed by atoms with van der Waals surface area (Å²) in [6, 6.07) is 9.78. The summed E-state index contributed by atoms with van der Waals surface area (Å²) in [5.74, 6) is -2.23. The van der Waals surface area contributed by atoms with Gasteiger partial charge in [0, 0.05) is 24.5 Å². The molecule has 1 fully saturated rings. The monoisotopic (exact) mass is 556 g/mol. The Bertz CT molecular complexity index is 1970. The molecule has 0 bridgehead atoms. The first-order chi connectivity index (χ1) is 19.7. The van der Waals surface area contributed by atoms with E-state index in [0.29, 0.717) is 37.0 Å². The number of aromatic nitrogens is 5. The number of nitrogens with one attached hydrogen (secondary N) is 1. The van der Waals surface area contributed by atoms with Crippen molar-refractivity contribution in [1.82, 2.24) is 28.8 Å². The molecular formula is C29H25FN6O5. The molecule has 0 aliphatic heterocycles. The van der Waals surface area contributed by atoms with Crippen LogP contribution < -0.4 is 16.6 Å². The van der Waals surface area contributed by atoms with Gasteiger partial charge in [0.2, 0.25) is 0 Å². The predicted octanol–water partition coefficient (Wildman–Crippen LogP) is 3.25. The molecule has 4 heterocycles. The number of fused-ring (bicyclic) bond motifs is 2. The number of rotatable bonds is 5. The zero-order chi connectivity index (χ0) is 28.8. The Hall–Kier alpha value is -5.13. The van der Waals surface area contributed by atoms with Crippen molar-refractivity contribution in [3.63, 3.8) is 0 Å². The highest BCUT2D eigenvalue weighted by atomic mass is 19.1. The molecule has 5 aromatic rings. The largest absolute Gasteiger partial charge is 0.478 e. The molecule has 12 heteroatoms. The average molecular weight is 557 g/mol. The fourth-order valence-electron chi connectivity index (χ4n) is 5.47. The summed E-state index contributed by atoms with van der Waals surface area (Å²) < 4.78 is 18.2. The second-order valence-corrected chi connectivity index (χ2v) is 10.3. The normalized spacial score (nSPS) is 17.1. The maximum atomic E-state index is 14.2. The Kier molecular flexibility index (Phi) is 6.45. The number of carbonyl (C=O) groups is 2. The third-order valence-electron chi connectivity index (χ3n) is 7.47. The van der Waals surface area contributed by atoms with Crippen molar-refractivity contribution < 1.29 is 19.1 Å². The topological polar surface area (TPSA) is 141 Å². The summed E-state index contributed by atoms with van der Waals surface area (Å²) in [5, 5.41) is 12.4. The summed E-state index contributed by atoms with van der Waals surface area (Å²) in [7, 11) is 0. The van der Waals surface area contributed by atoms with Crippen LogP contribution in [-0.4, -0.2) is 46.5 Å². The lowest BCUT2D eigenvalue weighted by Crippen LogP contribution is -2.45. The van der Waals surface area contributed by atoms with Crippen molar-refractivity contribution in [2.24, 2.45) is 0 Å². The fourth-order valence-corrected chi connectivity index (χ4v) is 5.47. The third kappa shape index (κ3) is 4.77. The highest BCUT2D eigenvalue weighted by molar-refractivity contribution is 5.93. The van der Waals surface area contributed by atoms with Gasteiger partial charge in [-0.15, -0.1) is 0 Å². The zero-order valence-corrected chi connectivity index (χ0v) is 22.0. The second kappa shape index (κ2) is 10.1. The van der Waals surface area contributed by atoms with Gasteiger partial charge in [-0.2, -0.15) is 0 Å². The molecule has 1 aliphatic carbocycles. The number of carboxylic acids is 1. The van der Waals surface area contributed by atoms with Gasteiger partial charge >= 0.3 is 11.7 Å². The van der Waals surface area contributed by atoms with Crippen LogP contribution in [0.15, 0.2) is 70.6 Å². The van der Waals surface area contributed by atoms with Crippen molar-refractivity contribution >= 4 is 28.6 Å². The first kappa shape index (κ1) is 26.1. The van der Waals surface area contributed by atoms with Gasteiger partial charge in [0.25, 0.3) is 11.5 Å². The van der Waals surface area contributed by atoms with Gasteiger partial charge in [-0.05, 0) is 68.5 Å². The molecule has 1 aromatic carbocycles. The van der Waals surface area contributed by atoms with E-state index in [1.807, 2.05) is 25.3 Å². The van der Waals surface area contributed by atoms with Crippen molar-refractivity contribution in [2.75, 3.05) is 0 Å². The first-order valence-electron chi connectivity index (χ1n) is 13.1. The summed E-state index contributed by atoms with van der Waals surface area (Å²) in [4.78, 5) is 60.1. The lowest BCUT2D eigenvalue weighted by molar-refractivity contribution is 0.0696. The van der Waals surface area contributed by atoms with E-state index < -0.39 is 29.1 Å². The number of pyridine rings is 2. The van der Waals surface area contributed by atoms with E-state index in [1.165, 1.54) is 24.3 Å². The molecule has 1 amide bonds. The number of imidazole rings is 1. The number of benzene rings is 1. The number of carbonyl (C=O) groups excluding carboxylic acids is 1. The summed E-state index contributed by atoms with van der Waals surface area (Å²) in [6.07, 6.45) is 6.29. The van der Waals surface area contributed by atoms with Crippen LogP contribution in [0.25, 0.3) is 22.4 Å². The lowest BCUT2D eigenvalue weighted by atomic mass is 9.90. The number of aryl methyl sites for hydroxylation is 1. The molecule has 4 aromatic heterocycles. The van der Waals surface area contributed by atoms with Crippen LogP contribution in [0.4, 0.5) is 4.39 Å². The third-order valence-corrected chi connectivity index (χ3v) is 7.47. The van der Waals surface area contributed by atoms with E-state index in [-0.39, 0.29) is 34.2 Å². The fraction of sp³-hybridized carbons (Fsp3) is 0.241. The highest BCUT2D eigenvalue weighted by Gasteiger charge is 2.28. The molecule has 2 N–H and O–H groups in total. The lowest BCUT2D eigenvalue weighted by Gasteiger charge is -2.30. The van der Waals surface area contributed by atoms with E-state index in [2.05, 4.69) is 15.3 Å². The minimum absolute atomic E-state index is 0.0561. The van der Waals surface area contributed by atoms with E-state index in [9.17, 15) is 28.7 Å². The predicted molar refractivity (Wildman–Crippen MR) is 147 cm³/mol. The molecule has 1 saturated carbocycles.